The van der Waals surface area contributed by atoms with E-state index in [0.717, 1.165) is 0 Å². The highest BCUT2D eigenvalue weighted by atomic mass is 16.6. The van der Waals surface area contributed by atoms with Crippen molar-refractivity contribution in [3.05, 3.63) is 72.3 Å². The lowest BCUT2D eigenvalue weighted by molar-refractivity contribution is -0.0544. The predicted molar refractivity (Wildman–Crippen MR) is 91.8 cm³/mol. The number of ether oxygens (including phenoxy) is 1. The maximum atomic E-state index is 12.2. The van der Waals surface area contributed by atoms with Crippen molar-refractivity contribution in [3.8, 4) is 11.1 Å². The molecule has 0 radical (unpaired) electrons. The molecule has 2 aromatic rings. The van der Waals surface area contributed by atoms with Crippen LogP contribution in [0.2, 0.25) is 0 Å². The van der Waals surface area contributed by atoms with Gasteiger partial charge in [0.25, 0.3) is 0 Å². The molecule has 1 aliphatic carbocycles. The molecule has 0 unspecified atom stereocenters. The minimum absolute atomic E-state index is 0.0564. The Morgan fingerprint density at radius 3 is 2.25 bits per heavy atom. The Kier molecular flexibility index (Phi) is 3.43. The van der Waals surface area contributed by atoms with Gasteiger partial charge < -0.3 is 14.7 Å². The van der Waals surface area contributed by atoms with Crippen LogP contribution in [0.15, 0.2) is 61.2 Å². The number of rotatable bonds is 3. The molecule has 0 spiro atoms. The summed E-state index contributed by atoms with van der Waals surface area (Å²) in [4.78, 5) is 13.7. The summed E-state index contributed by atoms with van der Waals surface area (Å²) in [5.41, 5.74) is 3.83. The molecule has 2 aliphatic rings. The lowest BCUT2D eigenvalue weighted by Gasteiger charge is -2.43. The number of benzene rings is 2. The number of fused-ring (bicyclic) bond motifs is 3. The van der Waals surface area contributed by atoms with E-state index < -0.39 is 5.60 Å². The second-order valence-electron chi connectivity index (χ2n) is 6.47. The molecule has 0 saturated carbocycles. The second-order valence-corrected chi connectivity index (χ2v) is 6.47. The fourth-order valence-electron chi connectivity index (χ4n) is 3.56. The van der Waals surface area contributed by atoms with Gasteiger partial charge in [0, 0.05) is 5.92 Å². The van der Waals surface area contributed by atoms with Crippen molar-refractivity contribution in [1.29, 1.82) is 0 Å². The predicted octanol–water partition coefficient (Wildman–Crippen LogP) is 3.17. The second kappa shape index (κ2) is 5.49. The van der Waals surface area contributed by atoms with Gasteiger partial charge in [-0.1, -0.05) is 54.6 Å². The summed E-state index contributed by atoms with van der Waals surface area (Å²) in [5.74, 6) is 0.0564. The first-order chi connectivity index (χ1) is 11.6. The summed E-state index contributed by atoms with van der Waals surface area (Å²) in [7, 11) is 0. The number of amides is 1. The third-order valence-corrected chi connectivity index (χ3v) is 4.90. The number of hydrogen-bond acceptors (Lipinski definition) is 3. The molecule has 4 heteroatoms. The van der Waals surface area contributed by atoms with E-state index in [9.17, 15) is 9.90 Å². The number of nitrogens with zero attached hydrogens (tertiary/aromatic N) is 1. The zero-order valence-electron chi connectivity index (χ0n) is 13.3. The van der Waals surface area contributed by atoms with E-state index >= 15 is 0 Å². The first kappa shape index (κ1) is 15.0. The highest BCUT2D eigenvalue weighted by molar-refractivity contribution is 5.79. The fraction of sp³-hybridized carbons (Fsp3) is 0.250. The molecule has 1 heterocycles. The largest absolute Gasteiger partial charge is 0.448 e. The van der Waals surface area contributed by atoms with Gasteiger partial charge in [-0.15, -0.1) is 6.58 Å². The van der Waals surface area contributed by atoms with Crippen molar-refractivity contribution in [2.24, 2.45) is 0 Å². The third kappa shape index (κ3) is 2.31. The lowest BCUT2D eigenvalue weighted by atomic mass is 9.95. The van der Waals surface area contributed by atoms with Crippen LogP contribution in [0.25, 0.3) is 11.1 Å². The van der Waals surface area contributed by atoms with Gasteiger partial charge in [0.15, 0.2) is 0 Å². The summed E-state index contributed by atoms with van der Waals surface area (Å²) in [5, 5.41) is 9.91. The Morgan fingerprint density at radius 1 is 1.17 bits per heavy atom. The Morgan fingerprint density at radius 2 is 1.71 bits per heavy atom. The Balaban J connectivity index is 1.49. The first-order valence-corrected chi connectivity index (χ1v) is 8.07. The van der Waals surface area contributed by atoms with Crippen LogP contribution in [-0.2, 0) is 4.74 Å². The Bertz CT molecular complexity index is 763. The Labute approximate surface area is 141 Å². The zero-order valence-corrected chi connectivity index (χ0v) is 13.3. The highest BCUT2D eigenvalue weighted by Crippen LogP contribution is 2.44. The average Bonchev–Trinajstić information content (AvgIpc) is 2.91. The fourth-order valence-corrected chi connectivity index (χ4v) is 3.56. The topological polar surface area (TPSA) is 49.8 Å². The molecule has 2 aromatic carbocycles. The number of β-amino-alcohol motifs (C(OH)–C–C–N with tert-alkyl or cyclic N) is 1. The summed E-state index contributed by atoms with van der Waals surface area (Å²) in [6.07, 6.45) is 1.09. The minimum atomic E-state index is -0.967. The SMILES string of the molecule is C=CC1(O)CN(C(=O)OCC2c3ccccc3-c3ccccc32)C1. The smallest absolute Gasteiger partial charge is 0.410 e. The van der Waals surface area contributed by atoms with E-state index in [1.54, 1.807) is 0 Å². The average molecular weight is 321 g/mol. The molecule has 0 bridgehead atoms. The molecule has 4 rings (SSSR count). The monoisotopic (exact) mass is 321 g/mol. The number of aliphatic hydroxyl groups is 1. The molecule has 1 saturated heterocycles. The molecule has 0 aromatic heterocycles. The normalized spacial score (nSPS) is 17.6. The van der Waals surface area contributed by atoms with E-state index in [4.69, 9.17) is 4.74 Å². The standard InChI is InChI=1S/C20H19NO3/c1-2-20(23)12-21(13-20)19(22)24-11-18-16-9-5-3-7-14(16)15-8-4-6-10-17(15)18/h2-10,18,23H,1,11-13H2. The summed E-state index contributed by atoms with van der Waals surface area (Å²) >= 11 is 0. The van der Waals surface area contributed by atoms with Gasteiger partial charge in [-0.2, -0.15) is 0 Å². The van der Waals surface area contributed by atoms with Crippen molar-refractivity contribution in [3.63, 3.8) is 0 Å². The number of hydrogen-bond donors (Lipinski definition) is 1. The van der Waals surface area contributed by atoms with Gasteiger partial charge >= 0.3 is 6.09 Å². The molecule has 24 heavy (non-hydrogen) atoms. The van der Waals surface area contributed by atoms with Gasteiger partial charge in [0.05, 0.1) is 13.1 Å². The first-order valence-electron chi connectivity index (χ1n) is 8.07. The molecule has 1 fully saturated rings. The molecule has 1 amide bonds. The van der Waals surface area contributed by atoms with Crippen LogP contribution < -0.4 is 0 Å². The molecule has 1 aliphatic heterocycles. The summed E-state index contributed by atoms with van der Waals surface area (Å²) < 4.78 is 5.52. The van der Waals surface area contributed by atoms with E-state index in [2.05, 4.69) is 30.8 Å². The maximum absolute atomic E-state index is 12.2. The minimum Gasteiger partial charge on any atom is -0.448 e. The van der Waals surface area contributed by atoms with Crippen molar-refractivity contribution >= 4 is 6.09 Å². The quantitative estimate of drug-likeness (QED) is 0.884. The van der Waals surface area contributed by atoms with Crippen LogP contribution in [0.1, 0.15) is 17.0 Å². The van der Waals surface area contributed by atoms with Crippen LogP contribution in [0.5, 0.6) is 0 Å². The summed E-state index contributed by atoms with van der Waals surface area (Å²) in [6, 6.07) is 16.5. The molecule has 1 N–H and O–H groups in total. The molecule has 4 nitrogen and oxygen atoms in total. The maximum Gasteiger partial charge on any atom is 0.410 e. The highest BCUT2D eigenvalue weighted by Gasteiger charge is 2.42. The molecule has 122 valence electrons. The van der Waals surface area contributed by atoms with E-state index in [-0.39, 0.29) is 25.1 Å². The van der Waals surface area contributed by atoms with E-state index in [1.807, 2.05) is 24.3 Å². The van der Waals surface area contributed by atoms with E-state index in [1.165, 1.54) is 33.2 Å². The number of carbonyl (C=O) groups excluding carboxylic acids is 1. The van der Waals surface area contributed by atoms with Crippen molar-refractivity contribution in [1.82, 2.24) is 4.90 Å². The number of carbonyl (C=O) groups is 1. The van der Waals surface area contributed by atoms with Crippen LogP contribution in [0, 0.1) is 0 Å². The van der Waals surface area contributed by atoms with Crippen LogP contribution in [-0.4, -0.2) is 41.4 Å². The van der Waals surface area contributed by atoms with Crippen LogP contribution >= 0.6 is 0 Å². The third-order valence-electron chi connectivity index (χ3n) is 4.90. The zero-order chi connectivity index (χ0) is 16.7. The van der Waals surface area contributed by atoms with Crippen molar-refractivity contribution < 1.29 is 14.6 Å². The van der Waals surface area contributed by atoms with Crippen LogP contribution in [0.4, 0.5) is 4.79 Å². The van der Waals surface area contributed by atoms with Crippen LogP contribution in [0.3, 0.4) is 0 Å². The number of likely N-dealkylation sites (tertiary alicyclic amines) is 1. The Hall–Kier alpha value is -2.59. The summed E-state index contributed by atoms with van der Waals surface area (Å²) in [6.45, 7) is 4.37. The van der Waals surface area contributed by atoms with Crippen molar-refractivity contribution in [2.45, 2.75) is 11.5 Å². The van der Waals surface area contributed by atoms with Crippen molar-refractivity contribution in [2.75, 3.05) is 19.7 Å². The van der Waals surface area contributed by atoms with Gasteiger partial charge in [-0.3, -0.25) is 0 Å². The molecular weight excluding hydrogens is 302 g/mol. The van der Waals surface area contributed by atoms with Gasteiger partial charge in [0.1, 0.15) is 12.2 Å². The molecular formula is C20H19NO3. The van der Waals surface area contributed by atoms with E-state index in [0.29, 0.717) is 6.61 Å². The lowest BCUT2D eigenvalue weighted by Crippen LogP contribution is -2.62. The molecule has 0 atom stereocenters. The van der Waals surface area contributed by atoms with Gasteiger partial charge in [0.2, 0.25) is 0 Å². The van der Waals surface area contributed by atoms with Gasteiger partial charge in [-0.05, 0) is 22.3 Å². The van der Waals surface area contributed by atoms with Gasteiger partial charge in [-0.25, -0.2) is 4.79 Å².